The van der Waals surface area contributed by atoms with Crippen LogP contribution in [0.1, 0.15) is 19.4 Å². The number of benzene rings is 1. The van der Waals surface area contributed by atoms with Crippen LogP contribution >= 0.6 is 0 Å². The molecule has 2 aromatic rings. The average molecular weight is 572 g/mol. The smallest absolute Gasteiger partial charge is 0.378 e. The van der Waals surface area contributed by atoms with E-state index in [1.807, 2.05) is 11.0 Å². The number of ether oxygens (including phenoxy) is 1. The van der Waals surface area contributed by atoms with E-state index in [2.05, 4.69) is 52.8 Å². The van der Waals surface area contributed by atoms with Gasteiger partial charge in [0.2, 0.25) is 5.95 Å². The van der Waals surface area contributed by atoms with Gasteiger partial charge in [0.25, 0.3) is 0 Å². The molecule has 3 aliphatic rings. The maximum Gasteiger partial charge on any atom is 0.419 e. The number of likely N-dealkylation sites (N-methyl/N-ethyl adjacent to an activating group) is 1. The molecule has 0 aliphatic carbocycles. The van der Waals surface area contributed by atoms with Gasteiger partial charge in [-0.25, -0.2) is 4.98 Å². The Morgan fingerprint density at radius 3 is 2.29 bits per heavy atom. The summed E-state index contributed by atoms with van der Waals surface area (Å²) in [7, 11) is 1.72. The molecule has 8 nitrogen and oxygen atoms in total. The fourth-order valence-corrected chi connectivity index (χ4v) is 5.65. The highest BCUT2D eigenvalue weighted by atomic mass is 19.4. The Bertz CT molecular complexity index is 1250. The highest BCUT2D eigenvalue weighted by molar-refractivity contribution is 5.66. The third-order valence-corrected chi connectivity index (χ3v) is 7.99. The van der Waals surface area contributed by atoms with Crippen molar-refractivity contribution in [2.45, 2.75) is 26.6 Å². The van der Waals surface area contributed by atoms with Crippen molar-refractivity contribution in [2.75, 3.05) is 89.0 Å². The molecule has 0 atom stereocenters. The number of allylic oxidation sites excluding steroid dienone is 2. The van der Waals surface area contributed by atoms with Crippen molar-refractivity contribution in [1.82, 2.24) is 24.7 Å². The first-order valence-electron chi connectivity index (χ1n) is 14.5. The lowest BCUT2D eigenvalue weighted by atomic mass is 10.1. The van der Waals surface area contributed by atoms with Gasteiger partial charge in [0.1, 0.15) is 11.6 Å². The van der Waals surface area contributed by atoms with Crippen LogP contribution in [0.25, 0.3) is 11.3 Å². The Balaban J connectivity index is 1.42. The second-order valence-corrected chi connectivity index (χ2v) is 10.7. The third-order valence-electron chi connectivity index (χ3n) is 7.99. The molecule has 41 heavy (non-hydrogen) atoms. The van der Waals surface area contributed by atoms with E-state index in [0.29, 0.717) is 65.0 Å². The number of halogens is 3. The first kappa shape index (κ1) is 29.2. The monoisotopic (exact) mass is 571 g/mol. The first-order chi connectivity index (χ1) is 19.8. The molecule has 0 amide bonds. The van der Waals surface area contributed by atoms with Crippen molar-refractivity contribution in [2.24, 2.45) is 0 Å². The molecule has 3 aliphatic heterocycles. The SMILES string of the molecule is CCN(CC)Cc1cccc(-c2cc(N3CCN(C4=C(C(F)(F)F)C=CCN4C)CC3)nc(N3CCOCC3)n2)c1. The number of nitrogens with zero attached hydrogens (tertiary/aromatic N) is 7. The minimum Gasteiger partial charge on any atom is -0.378 e. The van der Waals surface area contributed by atoms with Gasteiger partial charge in [-0.1, -0.05) is 38.1 Å². The molecular weight excluding hydrogens is 531 g/mol. The van der Waals surface area contributed by atoms with E-state index < -0.39 is 11.7 Å². The highest BCUT2D eigenvalue weighted by Gasteiger charge is 2.39. The number of hydrogen-bond donors (Lipinski definition) is 0. The van der Waals surface area contributed by atoms with Crippen LogP contribution in [0, 0.1) is 0 Å². The summed E-state index contributed by atoms with van der Waals surface area (Å²) in [5.74, 6) is 1.71. The topological polar surface area (TPSA) is 51.2 Å². The molecule has 5 rings (SSSR count). The molecule has 11 heteroatoms. The molecule has 0 spiro atoms. The zero-order valence-electron chi connectivity index (χ0n) is 24.2. The fourth-order valence-electron chi connectivity index (χ4n) is 5.65. The summed E-state index contributed by atoms with van der Waals surface area (Å²) < 4.78 is 47.0. The summed E-state index contributed by atoms with van der Waals surface area (Å²) in [6.45, 7) is 12.4. The van der Waals surface area contributed by atoms with Crippen molar-refractivity contribution in [3.8, 4) is 11.3 Å². The normalized spacial score (nSPS) is 18.6. The van der Waals surface area contributed by atoms with Crippen molar-refractivity contribution in [3.05, 3.63) is 59.4 Å². The molecule has 0 bridgehead atoms. The van der Waals surface area contributed by atoms with Gasteiger partial charge in [0.15, 0.2) is 0 Å². The zero-order chi connectivity index (χ0) is 29.0. The van der Waals surface area contributed by atoms with E-state index in [0.717, 1.165) is 36.7 Å². The van der Waals surface area contributed by atoms with Crippen LogP contribution in [0.4, 0.5) is 24.9 Å². The van der Waals surface area contributed by atoms with Gasteiger partial charge in [-0.2, -0.15) is 18.2 Å². The van der Waals surface area contributed by atoms with E-state index in [1.54, 1.807) is 18.0 Å². The van der Waals surface area contributed by atoms with E-state index in [9.17, 15) is 13.2 Å². The second kappa shape index (κ2) is 12.7. The summed E-state index contributed by atoms with van der Waals surface area (Å²) in [4.78, 5) is 20.2. The molecule has 222 valence electrons. The standard InChI is InChI=1S/C30H40F3N7O/c1-4-37(5-2)22-23-8-6-9-24(20-23)26-21-27(35-29(34-26)40-16-18-41-19-17-40)38-12-14-39(15-13-38)28-25(30(31,32)33)10-7-11-36(28)3/h6-10,20-21H,4-5,11-19,22H2,1-3H3. The Hall–Kier alpha value is -3.31. The molecule has 0 unspecified atom stereocenters. The van der Waals surface area contributed by atoms with E-state index in [4.69, 9.17) is 14.7 Å². The van der Waals surface area contributed by atoms with Gasteiger partial charge in [-0.15, -0.1) is 0 Å². The minimum atomic E-state index is -4.40. The van der Waals surface area contributed by atoms with Gasteiger partial charge in [-0.05, 0) is 30.8 Å². The Morgan fingerprint density at radius 2 is 1.61 bits per heavy atom. The molecular formula is C30H40F3N7O. The Labute approximate surface area is 240 Å². The predicted octanol–water partition coefficient (Wildman–Crippen LogP) is 4.22. The fraction of sp³-hybridized carbons (Fsp3) is 0.533. The minimum absolute atomic E-state index is 0.252. The summed E-state index contributed by atoms with van der Waals surface area (Å²) in [6, 6.07) is 10.5. The number of aromatic nitrogens is 2. The number of morpholine rings is 1. The van der Waals surface area contributed by atoms with Gasteiger partial charge in [0.05, 0.1) is 24.5 Å². The van der Waals surface area contributed by atoms with Gasteiger partial charge >= 0.3 is 6.18 Å². The maximum absolute atomic E-state index is 13.8. The van der Waals surface area contributed by atoms with Crippen LogP contribution in [0.3, 0.4) is 0 Å². The largest absolute Gasteiger partial charge is 0.419 e. The van der Waals surface area contributed by atoms with Crippen LogP contribution in [-0.4, -0.2) is 110 Å². The van der Waals surface area contributed by atoms with Gasteiger partial charge in [0, 0.05) is 71.0 Å². The summed E-state index contributed by atoms with van der Waals surface area (Å²) in [5, 5.41) is 0. The molecule has 2 fully saturated rings. The predicted molar refractivity (Wildman–Crippen MR) is 156 cm³/mol. The molecule has 1 aromatic carbocycles. The number of alkyl halides is 3. The molecule has 0 saturated carbocycles. The summed E-state index contributed by atoms with van der Waals surface area (Å²) >= 11 is 0. The Morgan fingerprint density at radius 1 is 0.902 bits per heavy atom. The van der Waals surface area contributed by atoms with E-state index in [-0.39, 0.29) is 5.82 Å². The van der Waals surface area contributed by atoms with Crippen LogP contribution in [0.15, 0.2) is 53.9 Å². The van der Waals surface area contributed by atoms with Crippen LogP contribution in [0.5, 0.6) is 0 Å². The number of hydrogen-bond acceptors (Lipinski definition) is 8. The van der Waals surface area contributed by atoms with Gasteiger partial charge < -0.3 is 24.3 Å². The van der Waals surface area contributed by atoms with Crippen molar-refractivity contribution >= 4 is 11.8 Å². The lowest BCUT2D eigenvalue weighted by molar-refractivity contribution is -0.0925. The summed E-state index contributed by atoms with van der Waals surface area (Å²) in [6.07, 6.45) is -1.62. The van der Waals surface area contributed by atoms with Crippen LogP contribution in [-0.2, 0) is 11.3 Å². The van der Waals surface area contributed by atoms with Crippen LogP contribution < -0.4 is 9.80 Å². The molecule has 0 N–H and O–H groups in total. The number of piperazine rings is 1. The van der Waals surface area contributed by atoms with Gasteiger partial charge in [-0.3, -0.25) is 4.90 Å². The molecule has 0 radical (unpaired) electrons. The first-order valence-corrected chi connectivity index (χ1v) is 14.5. The molecule has 4 heterocycles. The number of anilines is 2. The van der Waals surface area contributed by atoms with Crippen molar-refractivity contribution in [1.29, 1.82) is 0 Å². The van der Waals surface area contributed by atoms with Crippen molar-refractivity contribution in [3.63, 3.8) is 0 Å². The molecule has 1 aromatic heterocycles. The lowest BCUT2D eigenvalue weighted by Crippen LogP contribution is -2.50. The third kappa shape index (κ3) is 6.78. The summed E-state index contributed by atoms with van der Waals surface area (Å²) in [5.41, 5.74) is 2.53. The number of rotatable bonds is 8. The Kier molecular flexibility index (Phi) is 9.03. The zero-order valence-corrected chi connectivity index (χ0v) is 24.2. The lowest BCUT2D eigenvalue weighted by Gasteiger charge is -2.42. The highest BCUT2D eigenvalue weighted by Crippen LogP contribution is 2.34. The van der Waals surface area contributed by atoms with Crippen molar-refractivity contribution < 1.29 is 17.9 Å². The second-order valence-electron chi connectivity index (χ2n) is 10.7. The van der Waals surface area contributed by atoms with E-state index in [1.165, 1.54) is 11.6 Å². The maximum atomic E-state index is 13.8. The molecule has 2 saturated heterocycles. The average Bonchev–Trinajstić information content (AvgIpc) is 3.00. The van der Waals surface area contributed by atoms with Crippen LogP contribution in [0.2, 0.25) is 0 Å². The van der Waals surface area contributed by atoms with E-state index >= 15 is 0 Å². The quantitative estimate of drug-likeness (QED) is 0.467.